The molecule has 0 aromatic heterocycles. The van der Waals surface area contributed by atoms with Crippen LogP contribution >= 0.6 is 23.2 Å². The highest BCUT2D eigenvalue weighted by atomic mass is 35.5. The maximum Gasteiger partial charge on any atom is 0.175 e. The van der Waals surface area contributed by atoms with Crippen LogP contribution in [0, 0.1) is 0 Å². The molecule has 1 aliphatic rings. The van der Waals surface area contributed by atoms with Crippen molar-refractivity contribution in [2.45, 2.75) is 24.7 Å². The summed E-state index contributed by atoms with van der Waals surface area (Å²) in [6.07, 6.45) is -0.163. The Kier molecular flexibility index (Phi) is 3.24. The van der Waals surface area contributed by atoms with E-state index >= 15 is 0 Å². The molecule has 0 aliphatic carbocycles. The first-order valence-electron chi connectivity index (χ1n) is 3.21. The minimum atomic E-state index is -0.311. The van der Waals surface area contributed by atoms with Gasteiger partial charge in [0, 0.05) is 5.88 Å². The van der Waals surface area contributed by atoms with Crippen molar-refractivity contribution in [1.82, 2.24) is 0 Å². The monoisotopic (exact) mass is 184 g/mol. The van der Waals surface area contributed by atoms with Crippen LogP contribution in [0.5, 0.6) is 0 Å². The largest absolute Gasteiger partial charge is 0.348 e. The van der Waals surface area contributed by atoms with Crippen molar-refractivity contribution >= 4 is 23.2 Å². The molecule has 2 nitrogen and oxygen atoms in total. The maximum atomic E-state index is 5.75. The maximum absolute atomic E-state index is 5.75. The van der Waals surface area contributed by atoms with Crippen LogP contribution in [-0.2, 0) is 9.47 Å². The Morgan fingerprint density at radius 3 is 2.80 bits per heavy atom. The first-order valence-corrected chi connectivity index (χ1v) is 4.18. The molecule has 0 aromatic carbocycles. The molecule has 0 bridgehead atoms. The quantitative estimate of drug-likeness (QED) is 0.608. The van der Waals surface area contributed by atoms with E-state index in [0.717, 1.165) is 0 Å². The van der Waals surface area contributed by atoms with Gasteiger partial charge >= 0.3 is 0 Å². The second-order valence-electron chi connectivity index (χ2n) is 2.32. The summed E-state index contributed by atoms with van der Waals surface area (Å²) in [5.74, 6) is 0.360. The van der Waals surface area contributed by atoms with Crippen molar-refractivity contribution < 1.29 is 9.47 Å². The summed E-state index contributed by atoms with van der Waals surface area (Å²) in [5.41, 5.74) is 0. The van der Waals surface area contributed by atoms with Gasteiger partial charge in [-0.2, -0.15) is 0 Å². The number of halogens is 2. The molecule has 1 saturated heterocycles. The molecule has 1 rings (SSSR count). The Morgan fingerprint density at radius 2 is 2.40 bits per heavy atom. The van der Waals surface area contributed by atoms with E-state index in [1.165, 1.54) is 0 Å². The summed E-state index contributed by atoms with van der Waals surface area (Å²) >= 11 is 11.2. The third-order valence-corrected chi connectivity index (χ3v) is 2.15. The number of alkyl halides is 2. The lowest BCUT2D eigenvalue weighted by atomic mass is 10.4. The van der Waals surface area contributed by atoms with Crippen LogP contribution in [0.3, 0.4) is 0 Å². The Labute approximate surface area is 70.4 Å². The van der Waals surface area contributed by atoms with Gasteiger partial charge in [-0.1, -0.05) is 0 Å². The van der Waals surface area contributed by atoms with Gasteiger partial charge in [-0.05, 0) is 6.92 Å². The third kappa shape index (κ3) is 1.99. The van der Waals surface area contributed by atoms with Gasteiger partial charge in [0.2, 0.25) is 0 Å². The van der Waals surface area contributed by atoms with Gasteiger partial charge in [0.25, 0.3) is 0 Å². The Hall–Kier alpha value is 0.500. The summed E-state index contributed by atoms with van der Waals surface area (Å²) in [6, 6.07) is 0. The summed E-state index contributed by atoms with van der Waals surface area (Å²) < 4.78 is 10.5. The first-order chi connectivity index (χ1) is 4.74. The van der Waals surface area contributed by atoms with E-state index in [1.807, 2.05) is 6.92 Å². The van der Waals surface area contributed by atoms with Crippen molar-refractivity contribution in [1.29, 1.82) is 0 Å². The summed E-state index contributed by atoms with van der Waals surface area (Å²) in [6.45, 7) is 2.56. The molecule has 0 aromatic rings. The molecule has 10 heavy (non-hydrogen) atoms. The molecule has 0 spiro atoms. The minimum absolute atomic E-state index is 0.148. The van der Waals surface area contributed by atoms with Gasteiger partial charge in [0.05, 0.1) is 18.1 Å². The molecule has 4 heteroatoms. The highest BCUT2D eigenvalue weighted by Crippen LogP contribution is 2.18. The molecule has 1 aliphatic heterocycles. The van der Waals surface area contributed by atoms with Crippen LogP contribution in [0.25, 0.3) is 0 Å². The fraction of sp³-hybridized carbons (Fsp3) is 1.00. The average molecular weight is 185 g/mol. The van der Waals surface area contributed by atoms with Crippen LogP contribution in [0.15, 0.2) is 0 Å². The van der Waals surface area contributed by atoms with Gasteiger partial charge in [-0.15, -0.1) is 23.2 Å². The molecular weight excluding hydrogens is 175 g/mol. The fourth-order valence-electron chi connectivity index (χ4n) is 0.800. The Morgan fingerprint density at radius 1 is 1.70 bits per heavy atom. The van der Waals surface area contributed by atoms with Crippen LogP contribution in [0.4, 0.5) is 0 Å². The zero-order valence-electron chi connectivity index (χ0n) is 5.72. The average Bonchev–Trinajstić information content (AvgIpc) is 2.34. The summed E-state index contributed by atoms with van der Waals surface area (Å²) in [5, 5.41) is -0.230. The SMILES string of the molecule is CC1COC(C(Cl)CCl)O1. The van der Waals surface area contributed by atoms with Crippen molar-refractivity contribution in [2.24, 2.45) is 0 Å². The van der Waals surface area contributed by atoms with Gasteiger partial charge in [0.1, 0.15) is 0 Å². The third-order valence-electron chi connectivity index (χ3n) is 1.30. The van der Waals surface area contributed by atoms with Crippen LogP contribution in [-0.4, -0.2) is 30.3 Å². The Balaban J connectivity index is 2.29. The Bertz CT molecular complexity index is 110. The van der Waals surface area contributed by atoms with E-state index in [4.69, 9.17) is 32.7 Å². The predicted octanol–water partition coefficient (Wildman–Crippen LogP) is 1.59. The molecule has 0 N–H and O–H groups in total. The van der Waals surface area contributed by atoms with E-state index in [9.17, 15) is 0 Å². The lowest BCUT2D eigenvalue weighted by molar-refractivity contribution is -0.0523. The smallest absolute Gasteiger partial charge is 0.175 e. The van der Waals surface area contributed by atoms with Gasteiger partial charge in [-0.3, -0.25) is 0 Å². The number of hydrogen-bond acceptors (Lipinski definition) is 2. The fourth-order valence-corrected chi connectivity index (χ4v) is 1.08. The standard InChI is InChI=1S/C6H10Cl2O2/c1-4-3-9-6(10-4)5(8)2-7/h4-6H,2-3H2,1H3. The van der Waals surface area contributed by atoms with Crippen LogP contribution < -0.4 is 0 Å². The van der Waals surface area contributed by atoms with E-state index in [-0.39, 0.29) is 17.8 Å². The molecule has 60 valence electrons. The first kappa shape index (κ1) is 8.60. The van der Waals surface area contributed by atoms with Gasteiger partial charge in [0.15, 0.2) is 6.29 Å². The van der Waals surface area contributed by atoms with E-state index in [1.54, 1.807) is 0 Å². The molecule has 0 radical (unpaired) electrons. The highest BCUT2D eigenvalue weighted by Gasteiger charge is 2.28. The lowest BCUT2D eigenvalue weighted by Crippen LogP contribution is -2.23. The second kappa shape index (κ2) is 3.77. The zero-order valence-corrected chi connectivity index (χ0v) is 7.23. The molecule has 3 atom stereocenters. The van der Waals surface area contributed by atoms with Crippen molar-refractivity contribution in [3.05, 3.63) is 0 Å². The van der Waals surface area contributed by atoms with Gasteiger partial charge < -0.3 is 9.47 Å². The molecule has 1 fully saturated rings. The van der Waals surface area contributed by atoms with Crippen molar-refractivity contribution in [3.8, 4) is 0 Å². The minimum Gasteiger partial charge on any atom is -0.348 e. The van der Waals surface area contributed by atoms with Crippen molar-refractivity contribution in [2.75, 3.05) is 12.5 Å². The number of rotatable bonds is 2. The predicted molar refractivity (Wildman–Crippen MR) is 40.6 cm³/mol. The topological polar surface area (TPSA) is 18.5 Å². The highest BCUT2D eigenvalue weighted by molar-refractivity contribution is 6.28. The normalized spacial score (nSPS) is 36.3. The molecule has 1 heterocycles. The van der Waals surface area contributed by atoms with Crippen LogP contribution in [0.2, 0.25) is 0 Å². The molecule has 0 amide bonds. The zero-order chi connectivity index (χ0) is 7.56. The lowest BCUT2D eigenvalue weighted by Gasteiger charge is -2.12. The van der Waals surface area contributed by atoms with Crippen molar-refractivity contribution in [3.63, 3.8) is 0 Å². The van der Waals surface area contributed by atoms with E-state index < -0.39 is 0 Å². The van der Waals surface area contributed by atoms with E-state index in [0.29, 0.717) is 12.5 Å². The molecular formula is C6H10Cl2O2. The molecule has 0 saturated carbocycles. The van der Waals surface area contributed by atoms with Crippen LogP contribution in [0.1, 0.15) is 6.92 Å². The van der Waals surface area contributed by atoms with Gasteiger partial charge in [-0.25, -0.2) is 0 Å². The van der Waals surface area contributed by atoms with E-state index in [2.05, 4.69) is 0 Å². The summed E-state index contributed by atoms with van der Waals surface area (Å²) in [7, 11) is 0. The molecule has 3 unspecified atom stereocenters. The number of hydrogen-bond donors (Lipinski definition) is 0. The second-order valence-corrected chi connectivity index (χ2v) is 3.19. The summed E-state index contributed by atoms with van der Waals surface area (Å²) in [4.78, 5) is 0. The number of ether oxygens (including phenoxy) is 2.